The van der Waals surface area contributed by atoms with E-state index in [0.717, 1.165) is 0 Å². The third kappa shape index (κ3) is 2.13. The number of para-hydroxylation sites is 1. The summed E-state index contributed by atoms with van der Waals surface area (Å²) in [6.07, 6.45) is 2.86. The van der Waals surface area contributed by atoms with Gasteiger partial charge in [-0.15, -0.1) is 5.10 Å². The number of anilines is 1. The molecule has 0 fully saturated rings. The van der Waals surface area contributed by atoms with E-state index < -0.39 is 10.0 Å². The molecule has 0 aliphatic heterocycles. The molecular weight excluding hydrogens is 266 g/mol. The highest BCUT2D eigenvalue weighted by Gasteiger charge is 2.20. The lowest BCUT2D eigenvalue weighted by Gasteiger charge is -2.07. The van der Waals surface area contributed by atoms with Crippen LogP contribution in [0.5, 0.6) is 0 Å². The summed E-state index contributed by atoms with van der Waals surface area (Å²) < 4.78 is 28.1. The predicted octanol–water partition coefficient (Wildman–Crippen LogP) is 0.925. The highest BCUT2D eigenvalue weighted by Crippen LogP contribution is 2.14. The van der Waals surface area contributed by atoms with Gasteiger partial charge in [0.25, 0.3) is 15.2 Å². The molecule has 0 aliphatic rings. The van der Waals surface area contributed by atoms with Crippen molar-refractivity contribution in [2.75, 3.05) is 4.72 Å². The molecule has 0 saturated carbocycles. The Balaban J connectivity index is 2.08. The van der Waals surface area contributed by atoms with Crippen molar-refractivity contribution in [3.63, 3.8) is 0 Å². The van der Waals surface area contributed by atoms with E-state index in [9.17, 15) is 8.42 Å². The van der Waals surface area contributed by atoms with Crippen LogP contribution < -0.4 is 4.72 Å². The van der Waals surface area contributed by atoms with Crippen LogP contribution in [0.4, 0.5) is 5.69 Å². The summed E-state index contributed by atoms with van der Waals surface area (Å²) in [6, 6.07) is 10.2. The lowest BCUT2D eigenvalue weighted by molar-refractivity contribution is 0.582. The Morgan fingerprint density at radius 3 is 2.68 bits per heavy atom. The van der Waals surface area contributed by atoms with Gasteiger partial charge in [-0.1, -0.05) is 23.4 Å². The fourth-order valence-electron chi connectivity index (χ4n) is 1.63. The lowest BCUT2D eigenvalue weighted by atomic mass is 10.3. The molecule has 0 radical (unpaired) electrons. The van der Waals surface area contributed by atoms with E-state index in [0.29, 0.717) is 11.2 Å². The smallest absolute Gasteiger partial charge is 0.277 e. The molecule has 8 heteroatoms. The SMILES string of the molecule is O=S(=O)(Nc1ccccc1)c1nccc2cnnn12. The zero-order valence-corrected chi connectivity index (χ0v) is 10.4. The second-order valence-corrected chi connectivity index (χ2v) is 5.35. The molecule has 96 valence electrons. The fraction of sp³-hybridized carbons (Fsp3) is 0. The van der Waals surface area contributed by atoms with Crippen molar-refractivity contribution in [2.24, 2.45) is 0 Å². The highest BCUT2D eigenvalue weighted by molar-refractivity contribution is 7.92. The maximum atomic E-state index is 12.3. The highest BCUT2D eigenvalue weighted by atomic mass is 32.2. The quantitative estimate of drug-likeness (QED) is 0.718. The molecular formula is C11H9N5O2S. The van der Waals surface area contributed by atoms with Crippen molar-refractivity contribution < 1.29 is 8.42 Å². The summed E-state index contributed by atoms with van der Waals surface area (Å²) in [5, 5.41) is 7.17. The van der Waals surface area contributed by atoms with Gasteiger partial charge in [-0.25, -0.2) is 4.98 Å². The Bertz CT molecular complexity index is 813. The first-order chi connectivity index (χ1) is 9.17. The van der Waals surface area contributed by atoms with E-state index in [1.807, 2.05) is 0 Å². The van der Waals surface area contributed by atoms with Crippen LogP contribution in [0.15, 0.2) is 53.9 Å². The number of nitrogens with zero attached hydrogens (tertiary/aromatic N) is 4. The molecule has 3 rings (SSSR count). The lowest BCUT2D eigenvalue weighted by Crippen LogP contribution is -2.18. The number of hydrogen-bond donors (Lipinski definition) is 1. The minimum absolute atomic E-state index is 0.202. The number of nitrogens with one attached hydrogen (secondary N) is 1. The van der Waals surface area contributed by atoms with Crippen molar-refractivity contribution >= 4 is 21.2 Å². The third-order valence-electron chi connectivity index (χ3n) is 2.45. The molecule has 7 nitrogen and oxygen atoms in total. The third-order valence-corrected chi connectivity index (χ3v) is 3.72. The minimum Gasteiger partial charge on any atom is -0.277 e. The summed E-state index contributed by atoms with van der Waals surface area (Å²) in [7, 11) is -3.81. The van der Waals surface area contributed by atoms with Crippen molar-refractivity contribution in [3.8, 4) is 0 Å². The van der Waals surface area contributed by atoms with Crippen molar-refractivity contribution in [1.82, 2.24) is 19.8 Å². The number of hydrogen-bond acceptors (Lipinski definition) is 5. The summed E-state index contributed by atoms with van der Waals surface area (Å²) in [5.74, 6) is 0. The molecule has 0 amide bonds. The van der Waals surface area contributed by atoms with Crippen LogP contribution in [-0.4, -0.2) is 28.2 Å². The van der Waals surface area contributed by atoms with Gasteiger partial charge < -0.3 is 0 Å². The molecule has 0 bridgehead atoms. The van der Waals surface area contributed by atoms with Gasteiger partial charge in [-0.05, 0) is 18.2 Å². The molecule has 0 saturated heterocycles. The zero-order valence-electron chi connectivity index (χ0n) is 9.63. The maximum absolute atomic E-state index is 12.3. The van der Waals surface area contributed by atoms with Gasteiger partial charge in [0.05, 0.1) is 11.7 Å². The molecule has 1 N–H and O–H groups in total. The summed E-state index contributed by atoms with van der Waals surface area (Å²) >= 11 is 0. The normalized spacial score (nSPS) is 11.6. The Morgan fingerprint density at radius 1 is 1.11 bits per heavy atom. The van der Waals surface area contributed by atoms with Crippen LogP contribution in [-0.2, 0) is 10.0 Å². The van der Waals surface area contributed by atoms with Crippen LogP contribution in [0.1, 0.15) is 0 Å². The first kappa shape index (κ1) is 11.6. The van der Waals surface area contributed by atoms with Crippen molar-refractivity contribution in [3.05, 3.63) is 48.8 Å². The Labute approximate surface area is 109 Å². The number of rotatable bonds is 3. The van der Waals surface area contributed by atoms with E-state index in [-0.39, 0.29) is 5.16 Å². The van der Waals surface area contributed by atoms with Crippen LogP contribution in [0.25, 0.3) is 5.52 Å². The van der Waals surface area contributed by atoms with Crippen LogP contribution in [0.2, 0.25) is 0 Å². The van der Waals surface area contributed by atoms with Gasteiger partial charge in [0.15, 0.2) is 0 Å². The second kappa shape index (κ2) is 4.32. The van der Waals surface area contributed by atoms with Gasteiger partial charge in [0.2, 0.25) is 0 Å². The monoisotopic (exact) mass is 275 g/mol. The Hall–Kier alpha value is -2.48. The maximum Gasteiger partial charge on any atom is 0.297 e. The van der Waals surface area contributed by atoms with Crippen molar-refractivity contribution in [2.45, 2.75) is 5.16 Å². The number of sulfonamides is 1. The molecule has 2 aromatic heterocycles. The van der Waals surface area contributed by atoms with E-state index in [1.165, 1.54) is 16.9 Å². The first-order valence-electron chi connectivity index (χ1n) is 5.40. The van der Waals surface area contributed by atoms with Crippen LogP contribution in [0, 0.1) is 0 Å². The van der Waals surface area contributed by atoms with E-state index in [4.69, 9.17) is 0 Å². The molecule has 1 aromatic carbocycles. The number of fused-ring (bicyclic) bond motifs is 1. The largest absolute Gasteiger partial charge is 0.297 e. The average molecular weight is 275 g/mol. The molecule has 0 unspecified atom stereocenters. The van der Waals surface area contributed by atoms with Gasteiger partial charge in [0.1, 0.15) is 0 Å². The predicted molar refractivity (Wildman–Crippen MR) is 68.0 cm³/mol. The first-order valence-corrected chi connectivity index (χ1v) is 6.88. The van der Waals surface area contributed by atoms with E-state index in [2.05, 4.69) is 20.0 Å². The molecule has 0 aliphatic carbocycles. The standard InChI is InChI=1S/C11H9N5O2S/c17-19(18,14-9-4-2-1-3-5-9)11-12-7-6-10-8-13-15-16(10)11/h1-8,14H. The fourth-order valence-corrected chi connectivity index (χ4v) is 2.73. The Kier molecular flexibility index (Phi) is 2.64. The Morgan fingerprint density at radius 2 is 1.89 bits per heavy atom. The van der Waals surface area contributed by atoms with E-state index in [1.54, 1.807) is 36.4 Å². The summed E-state index contributed by atoms with van der Waals surface area (Å²) in [4.78, 5) is 3.86. The molecule has 2 heterocycles. The second-order valence-electron chi connectivity index (χ2n) is 3.77. The van der Waals surface area contributed by atoms with Gasteiger partial charge >= 0.3 is 0 Å². The summed E-state index contributed by atoms with van der Waals surface area (Å²) in [5.41, 5.74) is 1.02. The van der Waals surface area contributed by atoms with Gasteiger partial charge in [-0.3, -0.25) is 4.72 Å². The molecule has 3 aromatic rings. The topological polar surface area (TPSA) is 89.2 Å². The molecule has 19 heavy (non-hydrogen) atoms. The van der Waals surface area contributed by atoms with Gasteiger partial charge in [-0.2, -0.15) is 12.9 Å². The molecule has 0 atom stereocenters. The van der Waals surface area contributed by atoms with Gasteiger partial charge in [0, 0.05) is 11.9 Å². The minimum atomic E-state index is -3.81. The summed E-state index contributed by atoms with van der Waals surface area (Å²) in [6.45, 7) is 0. The number of benzene rings is 1. The number of aromatic nitrogens is 4. The molecule has 0 spiro atoms. The average Bonchev–Trinajstić information content (AvgIpc) is 2.87. The van der Waals surface area contributed by atoms with Crippen LogP contribution in [0.3, 0.4) is 0 Å². The zero-order chi connectivity index (χ0) is 13.3. The van der Waals surface area contributed by atoms with Crippen LogP contribution >= 0.6 is 0 Å². The van der Waals surface area contributed by atoms with E-state index >= 15 is 0 Å². The van der Waals surface area contributed by atoms with Crippen molar-refractivity contribution in [1.29, 1.82) is 0 Å².